The molecule has 0 aliphatic rings. The molecule has 0 N–H and O–H groups in total. The molecule has 1 amide bonds. The summed E-state index contributed by atoms with van der Waals surface area (Å²) < 4.78 is 94.2. The predicted octanol–water partition coefficient (Wildman–Crippen LogP) is 3.48. The average molecular weight is 495 g/mol. The summed E-state index contributed by atoms with van der Waals surface area (Å²) in [6.07, 6.45) is 0.0240. The molecular weight excluding hydrogens is 475 g/mol. The van der Waals surface area contributed by atoms with Crippen LogP contribution in [0.15, 0.2) is 53.4 Å². The molecule has 32 heavy (non-hydrogen) atoms. The van der Waals surface area contributed by atoms with Crippen molar-refractivity contribution < 1.29 is 43.7 Å². The number of alkyl halides is 3. The van der Waals surface area contributed by atoms with Gasteiger partial charge in [-0.15, -0.1) is 0 Å². The van der Waals surface area contributed by atoms with E-state index in [2.05, 4.69) is 4.18 Å². The van der Waals surface area contributed by atoms with Gasteiger partial charge in [-0.05, 0) is 30.7 Å². The first-order valence-electron chi connectivity index (χ1n) is 9.04. The van der Waals surface area contributed by atoms with Crippen LogP contribution in [0.2, 0.25) is 0 Å². The maximum atomic E-state index is 12.7. The van der Waals surface area contributed by atoms with Crippen molar-refractivity contribution in [3.05, 3.63) is 59.7 Å². The number of rotatable bonds is 8. The number of hydrogen-bond donors (Lipinski definition) is 0. The Hall–Kier alpha value is -2.80. The molecule has 0 bridgehead atoms. The fourth-order valence-electron chi connectivity index (χ4n) is 2.48. The topological polar surface area (TPSA) is 107 Å². The van der Waals surface area contributed by atoms with Gasteiger partial charge in [-0.25, -0.2) is 13.2 Å². The summed E-state index contributed by atoms with van der Waals surface area (Å²) in [4.78, 5) is 13.2. The highest BCUT2D eigenvalue weighted by molar-refractivity contribution is 7.90. The smallest absolute Gasteiger partial charge is 0.445 e. The Labute approximate surface area is 183 Å². The molecule has 2 aromatic carbocycles. The quantitative estimate of drug-likeness (QED) is 0.408. The van der Waals surface area contributed by atoms with E-state index in [9.17, 15) is 34.8 Å². The molecule has 0 atom stereocenters. The molecule has 0 aliphatic carbocycles. The van der Waals surface area contributed by atoms with Gasteiger partial charge in [-0.3, -0.25) is 0 Å². The lowest BCUT2D eigenvalue weighted by molar-refractivity contribution is -0.0500. The third-order valence-electron chi connectivity index (χ3n) is 4.15. The number of sulfone groups is 1. The van der Waals surface area contributed by atoms with E-state index in [4.69, 9.17) is 4.74 Å². The predicted molar refractivity (Wildman–Crippen MR) is 108 cm³/mol. The van der Waals surface area contributed by atoms with Crippen molar-refractivity contribution in [3.8, 4) is 5.75 Å². The van der Waals surface area contributed by atoms with Crippen molar-refractivity contribution in [3.63, 3.8) is 0 Å². The zero-order valence-corrected chi connectivity index (χ0v) is 18.6. The summed E-state index contributed by atoms with van der Waals surface area (Å²) in [7, 11) is -9.80. The Bertz CT molecular complexity index is 1170. The molecule has 2 aromatic rings. The third kappa shape index (κ3) is 6.60. The maximum Gasteiger partial charge on any atom is 0.534 e. The molecule has 13 heteroatoms. The van der Waals surface area contributed by atoms with E-state index < -0.39 is 43.9 Å². The molecule has 0 saturated heterocycles. The number of benzene rings is 2. The maximum absolute atomic E-state index is 12.7. The third-order valence-corrected chi connectivity index (χ3v) is 6.23. The van der Waals surface area contributed by atoms with Crippen LogP contribution in [0.3, 0.4) is 0 Å². The zero-order chi connectivity index (χ0) is 24.2. The summed E-state index contributed by atoms with van der Waals surface area (Å²) in [5.74, 6) is -0.760. The number of carbonyl (C=O) groups is 1. The number of ether oxygens (including phenoxy) is 1. The van der Waals surface area contributed by atoms with Gasteiger partial charge in [0, 0.05) is 18.4 Å². The number of halogens is 3. The van der Waals surface area contributed by atoms with Crippen LogP contribution in [0.5, 0.6) is 5.75 Å². The first-order chi connectivity index (χ1) is 14.7. The van der Waals surface area contributed by atoms with Crippen molar-refractivity contribution in [2.24, 2.45) is 0 Å². The van der Waals surface area contributed by atoms with Gasteiger partial charge >= 0.3 is 21.7 Å². The number of amides is 1. The van der Waals surface area contributed by atoms with Gasteiger partial charge in [-0.2, -0.15) is 21.6 Å². The highest BCUT2D eigenvalue weighted by atomic mass is 32.2. The molecule has 0 unspecified atom stereocenters. The Morgan fingerprint density at radius 3 is 2.19 bits per heavy atom. The summed E-state index contributed by atoms with van der Waals surface area (Å²) in [5, 5.41) is 0. The van der Waals surface area contributed by atoms with E-state index in [1.165, 1.54) is 0 Å². The molecule has 8 nitrogen and oxygen atoms in total. The molecule has 0 saturated carbocycles. The summed E-state index contributed by atoms with van der Waals surface area (Å²) in [5.41, 5.74) is -5.27. The van der Waals surface area contributed by atoms with Gasteiger partial charge in [-0.1, -0.05) is 30.3 Å². The molecule has 0 spiro atoms. The lowest BCUT2D eigenvalue weighted by atomic mass is 10.2. The van der Waals surface area contributed by atoms with Gasteiger partial charge < -0.3 is 13.8 Å². The van der Waals surface area contributed by atoms with Gasteiger partial charge in [0.15, 0.2) is 9.84 Å². The molecule has 0 heterocycles. The lowest BCUT2D eigenvalue weighted by Gasteiger charge is -2.22. The Balaban J connectivity index is 2.33. The first-order valence-corrected chi connectivity index (χ1v) is 12.3. The van der Waals surface area contributed by atoms with Gasteiger partial charge in [0.05, 0.1) is 11.4 Å². The minimum Gasteiger partial charge on any atom is -0.445 e. The van der Waals surface area contributed by atoms with Gasteiger partial charge in [0.2, 0.25) is 0 Å². The second kappa shape index (κ2) is 9.77. The van der Waals surface area contributed by atoms with E-state index >= 15 is 0 Å². The standard InChI is InChI=1S/C19H20F3NO7S2/c1-3-23(18(24)29-13-14-7-5-4-6-8-14)12-15-11-16(31(2,25)26)9-10-17(15)30-32(27,28)19(20,21)22/h4-11H,3,12-13H2,1-2H3. The minimum atomic E-state index is -6.01. The van der Waals surface area contributed by atoms with Crippen LogP contribution in [-0.2, 0) is 37.8 Å². The monoisotopic (exact) mass is 495 g/mol. The van der Waals surface area contributed by atoms with Crippen molar-refractivity contribution in [2.75, 3.05) is 12.8 Å². The number of hydrogen-bond acceptors (Lipinski definition) is 7. The summed E-state index contributed by atoms with van der Waals surface area (Å²) in [6.45, 7) is 1.04. The normalized spacial score (nSPS) is 12.3. The zero-order valence-electron chi connectivity index (χ0n) is 17.0. The van der Waals surface area contributed by atoms with Crippen LogP contribution < -0.4 is 4.18 Å². The molecule has 176 valence electrons. The largest absolute Gasteiger partial charge is 0.534 e. The number of nitrogens with zero attached hydrogens (tertiary/aromatic N) is 1. The SMILES string of the molecule is CCN(Cc1cc(S(C)(=O)=O)ccc1OS(=O)(=O)C(F)(F)F)C(=O)OCc1ccccc1. The second-order valence-electron chi connectivity index (χ2n) is 6.58. The van der Waals surface area contributed by atoms with E-state index in [0.717, 1.165) is 29.4 Å². The Morgan fingerprint density at radius 2 is 1.66 bits per heavy atom. The van der Waals surface area contributed by atoms with Crippen molar-refractivity contribution in [1.29, 1.82) is 0 Å². The fraction of sp³-hybridized carbons (Fsp3) is 0.316. The minimum absolute atomic E-state index is 0.0299. The molecule has 0 aliphatic heterocycles. The molecule has 2 rings (SSSR count). The summed E-state index contributed by atoms with van der Waals surface area (Å²) >= 11 is 0. The van der Waals surface area contributed by atoms with Crippen LogP contribution in [0.1, 0.15) is 18.1 Å². The van der Waals surface area contributed by atoms with Crippen LogP contribution in [0, 0.1) is 0 Å². The summed E-state index contributed by atoms with van der Waals surface area (Å²) in [6, 6.07) is 11.3. The Kier molecular flexibility index (Phi) is 7.78. The second-order valence-corrected chi connectivity index (χ2v) is 10.1. The average Bonchev–Trinajstić information content (AvgIpc) is 2.70. The fourth-order valence-corrected chi connectivity index (χ4v) is 3.64. The van der Waals surface area contributed by atoms with E-state index in [-0.39, 0.29) is 23.6 Å². The highest BCUT2D eigenvalue weighted by Gasteiger charge is 2.48. The highest BCUT2D eigenvalue weighted by Crippen LogP contribution is 2.31. The lowest BCUT2D eigenvalue weighted by Crippen LogP contribution is -2.32. The molecule has 0 aromatic heterocycles. The van der Waals surface area contributed by atoms with Crippen LogP contribution in [0.25, 0.3) is 0 Å². The molecule has 0 fully saturated rings. The van der Waals surface area contributed by atoms with E-state index in [0.29, 0.717) is 5.56 Å². The van der Waals surface area contributed by atoms with E-state index in [1.807, 2.05) is 0 Å². The Morgan fingerprint density at radius 1 is 1.03 bits per heavy atom. The number of carbonyl (C=O) groups excluding carboxylic acids is 1. The van der Waals surface area contributed by atoms with Crippen LogP contribution >= 0.6 is 0 Å². The van der Waals surface area contributed by atoms with Gasteiger partial charge in [0.25, 0.3) is 0 Å². The van der Waals surface area contributed by atoms with E-state index in [1.54, 1.807) is 37.3 Å². The molecule has 0 radical (unpaired) electrons. The van der Waals surface area contributed by atoms with Gasteiger partial charge in [0.1, 0.15) is 12.4 Å². The first kappa shape index (κ1) is 25.5. The van der Waals surface area contributed by atoms with Crippen molar-refractivity contribution >= 4 is 26.0 Å². The van der Waals surface area contributed by atoms with Crippen LogP contribution in [-0.4, -0.2) is 46.1 Å². The van der Waals surface area contributed by atoms with Crippen molar-refractivity contribution in [1.82, 2.24) is 4.90 Å². The molecular formula is C19H20F3NO7S2. The van der Waals surface area contributed by atoms with Crippen LogP contribution in [0.4, 0.5) is 18.0 Å². The van der Waals surface area contributed by atoms with Crippen molar-refractivity contribution in [2.45, 2.75) is 30.5 Å².